The second kappa shape index (κ2) is 13.5. The Hall–Kier alpha value is -4.00. The topological polar surface area (TPSA) is 131 Å². The van der Waals surface area contributed by atoms with Gasteiger partial charge in [-0.1, -0.05) is 62.4 Å². The molecule has 0 radical (unpaired) electrons. The van der Waals surface area contributed by atoms with E-state index in [-0.39, 0.29) is 36.1 Å². The average molecular weight is 615 g/mol. The predicted molar refractivity (Wildman–Crippen MR) is 155 cm³/mol. The van der Waals surface area contributed by atoms with Crippen LogP contribution in [-0.2, 0) is 36.3 Å². The zero-order valence-electron chi connectivity index (χ0n) is 24.1. The van der Waals surface area contributed by atoms with E-state index in [4.69, 9.17) is 14.2 Å². The summed E-state index contributed by atoms with van der Waals surface area (Å²) in [5, 5.41) is 12.0. The van der Waals surface area contributed by atoms with Crippen molar-refractivity contribution in [2.75, 3.05) is 19.7 Å². The molecule has 1 fully saturated rings. The highest BCUT2D eigenvalue weighted by Crippen LogP contribution is 2.40. The van der Waals surface area contributed by atoms with E-state index in [0.29, 0.717) is 12.2 Å². The summed E-state index contributed by atoms with van der Waals surface area (Å²) in [5.74, 6) is -1.30. The van der Waals surface area contributed by atoms with E-state index in [0.717, 1.165) is 5.56 Å². The first-order valence-corrected chi connectivity index (χ1v) is 15.2. The van der Waals surface area contributed by atoms with Crippen molar-refractivity contribution in [3.8, 4) is 5.75 Å². The Labute approximate surface area is 250 Å². The van der Waals surface area contributed by atoms with Gasteiger partial charge in [0.15, 0.2) is 5.60 Å². The van der Waals surface area contributed by atoms with Crippen LogP contribution >= 0.6 is 0 Å². The fraction of sp³-hybridized carbons (Fsp3) is 0.355. The number of carbonyl (C=O) groups excluding carboxylic acids is 1. The molecule has 1 aliphatic heterocycles. The van der Waals surface area contributed by atoms with Gasteiger partial charge in [-0.05, 0) is 48.2 Å². The molecule has 43 heavy (non-hydrogen) atoms. The number of amides is 1. The predicted octanol–water partition coefficient (Wildman–Crippen LogP) is 4.55. The van der Waals surface area contributed by atoms with Gasteiger partial charge in [0, 0.05) is 12.5 Å². The van der Waals surface area contributed by atoms with Crippen LogP contribution < -0.4 is 10.1 Å². The Kier molecular flexibility index (Phi) is 10.0. The SMILES string of the molecule is CC(C)CO[C@H](C)OC(=O)NC(Cc1cccc(S(=O)(=O)N2CC(Oc3cccc(F)c3)(c3ccccc3)C2)c1)C(=O)O. The smallest absolute Gasteiger partial charge is 0.410 e. The summed E-state index contributed by atoms with van der Waals surface area (Å²) in [4.78, 5) is 24.1. The van der Waals surface area contributed by atoms with Crippen molar-refractivity contribution in [2.24, 2.45) is 5.92 Å². The number of carboxylic acids is 1. The zero-order chi connectivity index (χ0) is 31.2. The summed E-state index contributed by atoms with van der Waals surface area (Å²) in [6, 6.07) is 19.3. The monoisotopic (exact) mass is 614 g/mol. The van der Waals surface area contributed by atoms with E-state index in [1.807, 2.05) is 44.2 Å². The molecular weight excluding hydrogens is 579 g/mol. The highest BCUT2D eigenvalue weighted by atomic mass is 32.2. The summed E-state index contributed by atoms with van der Waals surface area (Å²) in [6.07, 6.45) is -2.04. The second-order valence-electron chi connectivity index (χ2n) is 10.8. The van der Waals surface area contributed by atoms with Crippen LogP contribution in [-0.4, -0.2) is 61.9 Å². The fourth-order valence-electron chi connectivity index (χ4n) is 4.60. The summed E-state index contributed by atoms with van der Waals surface area (Å²) in [6.45, 7) is 5.70. The number of carboxylic acid groups (broad SMARTS) is 1. The number of sulfonamides is 1. The van der Waals surface area contributed by atoms with Gasteiger partial charge in [-0.15, -0.1) is 0 Å². The van der Waals surface area contributed by atoms with E-state index in [9.17, 15) is 27.5 Å². The Balaban J connectivity index is 1.47. The minimum atomic E-state index is -4.01. The number of carbonyl (C=O) groups is 2. The molecule has 10 nitrogen and oxygen atoms in total. The van der Waals surface area contributed by atoms with E-state index in [1.54, 1.807) is 12.1 Å². The number of halogens is 1. The Morgan fingerprint density at radius 3 is 2.35 bits per heavy atom. The number of nitrogens with one attached hydrogen (secondary N) is 1. The van der Waals surface area contributed by atoms with Crippen LogP contribution in [0, 0.1) is 11.7 Å². The van der Waals surface area contributed by atoms with Crippen molar-refractivity contribution in [2.45, 2.75) is 50.0 Å². The molecule has 0 saturated carbocycles. The minimum Gasteiger partial charge on any atom is -0.480 e. The number of benzene rings is 3. The molecule has 2 atom stereocenters. The number of aliphatic carboxylic acids is 1. The number of rotatable bonds is 13. The highest BCUT2D eigenvalue weighted by molar-refractivity contribution is 7.89. The van der Waals surface area contributed by atoms with E-state index < -0.39 is 45.8 Å². The lowest BCUT2D eigenvalue weighted by Crippen LogP contribution is -2.64. The summed E-state index contributed by atoms with van der Waals surface area (Å²) < 4.78 is 59.0. The van der Waals surface area contributed by atoms with Crippen molar-refractivity contribution < 1.29 is 41.7 Å². The van der Waals surface area contributed by atoms with Crippen molar-refractivity contribution in [3.05, 3.63) is 95.8 Å². The second-order valence-corrected chi connectivity index (χ2v) is 12.7. The molecular formula is C31H35FN2O8S. The third kappa shape index (κ3) is 8.09. The Morgan fingerprint density at radius 1 is 1.00 bits per heavy atom. The van der Waals surface area contributed by atoms with E-state index in [1.165, 1.54) is 47.6 Å². The molecule has 2 N–H and O–H groups in total. The number of hydrogen-bond donors (Lipinski definition) is 2. The highest BCUT2D eigenvalue weighted by Gasteiger charge is 2.52. The third-order valence-electron chi connectivity index (χ3n) is 6.78. The van der Waals surface area contributed by atoms with Crippen LogP contribution in [0.25, 0.3) is 0 Å². The van der Waals surface area contributed by atoms with Gasteiger partial charge in [0.1, 0.15) is 17.6 Å². The van der Waals surface area contributed by atoms with Crippen molar-refractivity contribution in [1.82, 2.24) is 9.62 Å². The van der Waals surface area contributed by atoms with Crippen LogP contribution in [0.4, 0.5) is 9.18 Å². The van der Waals surface area contributed by atoms with Gasteiger partial charge in [-0.2, -0.15) is 4.31 Å². The number of ether oxygens (including phenoxy) is 3. The van der Waals surface area contributed by atoms with Crippen LogP contribution in [0.1, 0.15) is 31.9 Å². The molecule has 0 aliphatic carbocycles. The first-order valence-electron chi connectivity index (χ1n) is 13.8. The Morgan fingerprint density at radius 2 is 1.70 bits per heavy atom. The largest absolute Gasteiger partial charge is 0.480 e. The van der Waals surface area contributed by atoms with Crippen LogP contribution in [0.2, 0.25) is 0 Å². The quantitative estimate of drug-likeness (QED) is 0.268. The summed E-state index contributed by atoms with van der Waals surface area (Å²) in [5.41, 5.74) is 0.0865. The molecule has 3 aromatic carbocycles. The summed E-state index contributed by atoms with van der Waals surface area (Å²) >= 11 is 0. The molecule has 1 amide bonds. The lowest BCUT2D eigenvalue weighted by molar-refractivity contribution is -0.140. The first-order chi connectivity index (χ1) is 20.4. The number of alkyl carbamates (subject to hydrolysis) is 1. The van der Waals surface area contributed by atoms with Crippen LogP contribution in [0.15, 0.2) is 83.8 Å². The van der Waals surface area contributed by atoms with Gasteiger partial charge < -0.3 is 24.6 Å². The maximum atomic E-state index is 13.9. The van der Waals surface area contributed by atoms with E-state index in [2.05, 4.69) is 5.32 Å². The van der Waals surface area contributed by atoms with Gasteiger partial charge >= 0.3 is 12.1 Å². The van der Waals surface area contributed by atoms with E-state index >= 15 is 0 Å². The third-order valence-corrected chi connectivity index (χ3v) is 8.56. The van der Waals surface area contributed by atoms with Gasteiger partial charge in [0.25, 0.3) is 0 Å². The molecule has 4 rings (SSSR count). The lowest BCUT2D eigenvalue weighted by Gasteiger charge is -2.48. The first kappa shape index (κ1) is 31.9. The van der Waals surface area contributed by atoms with Gasteiger partial charge in [-0.25, -0.2) is 22.4 Å². The average Bonchev–Trinajstić information content (AvgIpc) is 2.93. The van der Waals surface area contributed by atoms with Gasteiger partial charge in [0.2, 0.25) is 16.3 Å². The Bertz CT molecular complexity index is 1530. The molecule has 3 aromatic rings. The van der Waals surface area contributed by atoms with Crippen molar-refractivity contribution in [1.29, 1.82) is 0 Å². The normalized spacial score (nSPS) is 16.1. The molecule has 1 aliphatic rings. The van der Waals surface area contributed by atoms with Crippen molar-refractivity contribution in [3.63, 3.8) is 0 Å². The minimum absolute atomic E-state index is 0.0255. The molecule has 1 heterocycles. The standard InChI is InChI=1S/C31H35FN2O8S/c1-21(2)18-40-22(3)41-30(37)33-28(29(35)36)16-23-9-7-14-27(15-23)43(38,39)34-19-31(20-34,24-10-5-4-6-11-24)42-26-13-8-12-25(32)17-26/h4-15,17,21-22,28H,16,18-20H2,1-3H3,(H,33,37)(H,35,36)/t22-,28?/m0/s1. The maximum absolute atomic E-state index is 13.9. The van der Waals surface area contributed by atoms with Crippen LogP contribution in [0.3, 0.4) is 0 Å². The molecule has 0 bridgehead atoms. The fourth-order valence-corrected chi connectivity index (χ4v) is 6.21. The summed E-state index contributed by atoms with van der Waals surface area (Å²) in [7, 11) is -4.01. The van der Waals surface area contributed by atoms with Crippen molar-refractivity contribution >= 4 is 22.1 Å². The molecule has 12 heteroatoms. The maximum Gasteiger partial charge on any atom is 0.410 e. The van der Waals surface area contributed by atoms with Gasteiger partial charge in [0.05, 0.1) is 24.6 Å². The molecule has 1 unspecified atom stereocenters. The molecule has 0 spiro atoms. The molecule has 0 aromatic heterocycles. The lowest BCUT2D eigenvalue weighted by atomic mass is 9.87. The van der Waals surface area contributed by atoms with Crippen LogP contribution in [0.5, 0.6) is 5.75 Å². The molecule has 1 saturated heterocycles. The number of hydrogen-bond acceptors (Lipinski definition) is 7. The van der Waals surface area contributed by atoms with Gasteiger partial charge in [-0.3, -0.25) is 0 Å². The molecule has 230 valence electrons. The zero-order valence-corrected chi connectivity index (χ0v) is 24.9. The number of nitrogens with zero attached hydrogens (tertiary/aromatic N) is 1.